The summed E-state index contributed by atoms with van der Waals surface area (Å²) in [7, 11) is 0. The van der Waals surface area contributed by atoms with Gasteiger partial charge in [0.1, 0.15) is 0 Å². The number of hydrogen-bond donors (Lipinski definition) is 2. The van der Waals surface area contributed by atoms with Crippen molar-refractivity contribution >= 4 is 18.3 Å². The van der Waals surface area contributed by atoms with Crippen LogP contribution in [-0.2, 0) is 4.79 Å². The predicted molar refractivity (Wildman–Crippen MR) is 95.7 cm³/mol. The standard InChI is InChI=1S/C19H32N2O.ClH/c22-18(2-1-14-3-5-20-13-14)21-6-4-19-10-15-7-16(11-19)9-17(8-15)12-19;/h14-17,20H,1-13H2,(H,21,22);1H. The molecule has 4 heteroatoms. The molecule has 0 aromatic carbocycles. The fourth-order valence-corrected chi connectivity index (χ4v) is 6.45. The molecule has 1 aliphatic heterocycles. The topological polar surface area (TPSA) is 41.1 Å². The molecule has 0 aromatic rings. The second-order valence-corrected chi connectivity index (χ2v) is 8.92. The fraction of sp³-hybridized carbons (Fsp3) is 0.947. The fourth-order valence-electron chi connectivity index (χ4n) is 6.45. The third-order valence-corrected chi connectivity index (χ3v) is 7.08. The Hall–Kier alpha value is -0.280. The Labute approximate surface area is 147 Å². The summed E-state index contributed by atoms with van der Waals surface area (Å²) in [5.74, 6) is 4.09. The van der Waals surface area contributed by atoms with E-state index in [9.17, 15) is 4.79 Å². The van der Waals surface area contributed by atoms with Crippen molar-refractivity contribution in [3.05, 3.63) is 0 Å². The summed E-state index contributed by atoms with van der Waals surface area (Å²) in [5, 5.41) is 6.60. The summed E-state index contributed by atoms with van der Waals surface area (Å²) in [6.07, 6.45) is 13.2. The summed E-state index contributed by atoms with van der Waals surface area (Å²) in [6, 6.07) is 0. The first-order valence-electron chi connectivity index (χ1n) is 9.68. The second-order valence-electron chi connectivity index (χ2n) is 8.92. The van der Waals surface area contributed by atoms with Crippen molar-refractivity contribution in [2.45, 2.75) is 64.2 Å². The van der Waals surface area contributed by atoms with Crippen LogP contribution in [0.4, 0.5) is 0 Å². The van der Waals surface area contributed by atoms with Crippen LogP contribution in [0.3, 0.4) is 0 Å². The molecule has 1 unspecified atom stereocenters. The zero-order chi connectivity index (χ0) is 15.0. The van der Waals surface area contributed by atoms with Crippen molar-refractivity contribution in [3.8, 4) is 0 Å². The highest BCUT2D eigenvalue weighted by atomic mass is 35.5. The zero-order valence-corrected chi connectivity index (χ0v) is 15.1. The van der Waals surface area contributed by atoms with Crippen molar-refractivity contribution in [2.75, 3.05) is 19.6 Å². The third kappa shape index (κ3) is 4.04. The maximum Gasteiger partial charge on any atom is 0.220 e. The van der Waals surface area contributed by atoms with E-state index in [1.165, 1.54) is 51.4 Å². The van der Waals surface area contributed by atoms with Crippen LogP contribution in [0.1, 0.15) is 64.2 Å². The molecule has 1 atom stereocenters. The Morgan fingerprint density at radius 3 is 2.30 bits per heavy atom. The largest absolute Gasteiger partial charge is 0.356 e. The van der Waals surface area contributed by atoms with E-state index in [4.69, 9.17) is 0 Å². The van der Waals surface area contributed by atoms with Gasteiger partial charge in [-0.2, -0.15) is 0 Å². The van der Waals surface area contributed by atoms with Crippen LogP contribution in [0.2, 0.25) is 0 Å². The van der Waals surface area contributed by atoms with Crippen molar-refractivity contribution in [1.29, 1.82) is 0 Å². The first-order valence-corrected chi connectivity index (χ1v) is 9.68. The molecule has 4 aliphatic carbocycles. The number of carbonyl (C=O) groups excluding carboxylic acids is 1. The molecule has 5 aliphatic rings. The molecule has 0 spiro atoms. The Balaban J connectivity index is 0.00000156. The van der Waals surface area contributed by atoms with Crippen LogP contribution >= 0.6 is 12.4 Å². The predicted octanol–water partition coefficient (Wildman–Crippen LogP) is 3.52. The molecule has 4 saturated carbocycles. The van der Waals surface area contributed by atoms with Gasteiger partial charge >= 0.3 is 0 Å². The van der Waals surface area contributed by atoms with E-state index in [0.717, 1.165) is 56.1 Å². The van der Waals surface area contributed by atoms with Gasteiger partial charge in [-0.05, 0) is 100.0 Å². The number of rotatable bonds is 6. The average Bonchev–Trinajstić information content (AvgIpc) is 2.96. The van der Waals surface area contributed by atoms with Gasteiger partial charge in [0, 0.05) is 13.0 Å². The molecule has 23 heavy (non-hydrogen) atoms. The van der Waals surface area contributed by atoms with E-state index < -0.39 is 0 Å². The molecule has 5 fully saturated rings. The maximum atomic E-state index is 12.1. The van der Waals surface area contributed by atoms with Crippen LogP contribution in [-0.4, -0.2) is 25.5 Å². The summed E-state index contributed by atoms with van der Waals surface area (Å²) >= 11 is 0. The van der Waals surface area contributed by atoms with Gasteiger partial charge in [0.25, 0.3) is 0 Å². The van der Waals surface area contributed by atoms with Gasteiger partial charge in [-0.25, -0.2) is 0 Å². The highest BCUT2D eigenvalue weighted by Gasteiger charge is 2.50. The lowest BCUT2D eigenvalue weighted by Gasteiger charge is -2.57. The van der Waals surface area contributed by atoms with Crippen molar-refractivity contribution in [2.24, 2.45) is 29.1 Å². The summed E-state index contributed by atoms with van der Waals surface area (Å²) < 4.78 is 0. The number of amides is 1. The molecule has 1 saturated heterocycles. The molecule has 3 nitrogen and oxygen atoms in total. The minimum Gasteiger partial charge on any atom is -0.356 e. The summed E-state index contributed by atoms with van der Waals surface area (Å²) in [4.78, 5) is 12.1. The zero-order valence-electron chi connectivity index (χ0n) is 14.3. The van der Waals surface area contributed by atoms with Crippen molar-refractivity contribution in [1.82, 2.24) is 10.6 Å². The van der Waals surface area contributed by atoms with Gasteiger partial charge in [0.05, 0.1) is 0 Å². The van der Waals surface area contributed by atoms with Gasteiger partial charge in [-0.15, -0.1) is 12.4 Å². The molecular weight excluding hydrogens is 308 g/mol. The first kappa shape index (κ1) is 17.5. The van der Waals surface area contributed by atoms with E-state index in [1.54, 1.807) is 0 Å². The minimum absolute atomic E-state index is 0. The van der Waals surface area contributed by atoms with E-state index in [0.29, 0.717) is 5.41 Å². The molecule has 1 heterocycles. The monoisotopic (exact) mass is 340 g/mol. The highest BCUT2D eigenvalue weighted by molar-refractivity contribution is 5.85. The third-order valence-electron chi connectivity index (χ3n) is 7.08. The van der Waals surface area contributed by atoms with Gasteiger partial charge < -0.3 is 10.6 Å². The smallest absolute Gasteiger partial charge is 0.220 e. The molecule has 132 valence electrons. The lowest BCUT2D eigenvalue weighted by molar-refractivity contribution is -0.121. The lowest BCUT2D eigenvalue weighted by Crippen LogP contribution is -2.47. The number of halogens is 1. The maximum absolute atomic E-state index is 12.1. The molecule has 0 aromatic heterocycles. The highest BCUT2D eigenvalue weighted by Crippen LogP contribution is 2.61. The number of hydrogen-bond acceptors (Lipinski definition) is 2. The van der Waals surface area contributed by atoms with Gasteiger partial charge in [-0.3, -0.25) is 4.79 Å². The number of carbonyl (C=O) groups is 1. The normalized spacial score (nSPS) is 40.9. The van der Waals surface area contributed by atoms with Crippen LogP contribution in [0, 0.1) is 29.1 Å². The molecule has 5 rings (SSSR count). The van der Waals surface area contributed by atoms with Crippen LogP contribution < -0.4 is 10.6 Å². The quantitative estimate of drug-likeness (QED) is 0.776. The van der Waals surface area contributed by atoms with Crippen molar-refractivity contribution < 1.29 is 4.79 Å². The molecular formula is C19H33ClN2O. The van der Waals surface area contributed by atoms with Gasteiger partial charge in [-0.1, -0.05) is 0 Å². The minimum atomic E-state index is 0. The average molecular weight is 341 g/mol. The molecule has 2 N–H and O–H groups in total. The molecule has 4 bridgehead atoms. The lowest BCUT2D eigenvalue weighted by atomic mass is 9.49. The van der Waals surface area contributed by atoms with E-state index in [2.05, 4.69) is 10.6 Å². The summed E-state index contributed by atoms with van der Waals surface area (Å²) in [5.41, 5.74) is 0.609. The first-order chi connectivity index (χ1) is 10.7. The number of nitrogens with one attached hydrogen (secondary N) is 2. The second kappa shape index (κ2) is 7.31. The Morgan fingerprint density at radius 1 is 1.09 bits per heavy atom. The Bertz CT molecular complexity index is 384. The Kier molecular flexibility index (Phi) is 5.57. The SMILES string of the molecule is Cl.O=C(CCC1CCNC1)NCCC12CC3CC(CC(C3)C1)C2. The van der Waals surface area contributed by atoms with E-state index >= 15 is 0 Å². The van der Waals surface area contributed by atoms with Gasteiger partial charge in [0.2, 0.25) is 5.91 Å². The van der Waals surface area contributed by atoms with Crippen molar-refractivity contribution in [3.63, 3.8) is 0 Å². The summed E-state index contributed by atoms with van der Waals surface area (Å²) in [6.45, 7) is 3.17. The van der Waals surface area contributed by atoms with E-state index in [1.807, 2.05) is 0 Å². The van der Waals surface area contributed by atoms with E-state index in [-0.39, 0.29) is 18.3 Å². The molecule has 1 amide bonds. The van der Waals surface area contributed by atoms with Crippen LogP contribution in [0.15, 0.2) is 0 Å². The van der Waals surface area contributed by atoms with Gasteiger partial charge in [0.15, 0.2) is 0 Å². The Morgan fingerprint density at radius 2 is 1.74 bits per heavy atom. The van der Waals surface area contributed by atoms with Crippen LogP contribution in [0.25, 0.3) is 0 Å². The molecule has 0 radical (unpaired) electrons. The van der Waals surface area contributed by atoms with Crippen LogP contribution in [0.5, 0.6) is 0 Å².